The summed E-state index contributed by atoms with van der Waals surface area (Å²) < 4.78 is 5.12. The zero-order valence-corrected chi connectivity index (χ0v) is 35.9. The Bertz CT molecular complexity index is 2520. The third-order valence-electron chi connectivity index (χ3n) is 11.8. The highest BCUT2D eigenvalue weighted by atomic mass is 79.9. The minimum Gasteiger partial charge on any atom is -0.348 e. The third kappa shape index (κ3) is 7.57. The number of rotatable bonds is 10. The summed E-state index contributed by atoms with van der Waals surface area (Å²) in [5.74, 6) is 4.97. The molecule has 0 saturated heterocycles. The fraction of sp³-hybridized carbons (Fsp3) is 0.333. The van der Waals surface area contributed by atoms with Crippen molar-refractivity contribution >= 4 is 45.1 Å². The Morgan fingerprint density at radius 1 is 0.650 bits per heavy atom. The second-order valence-corrected chi connectivity index (χ2v) is 16.4. The Hall–Kier alpha value is -6.22. The maximum atomic E-state index is 5.02. The summed E-state index contributed by atoms with van der Waals surface area (Å²) >= 11 is 3.50. The summed E-state index contributed by atoms with van der Waals surface area (Å²) in [5, 5.41) is 24.1. The number of halogens is 1. The van der Waals surface area contributed by atoms with Gasteiger partial charge in [0.05, 0.1) is 36.6 Å². The highest BCUT2D eigenvalue weighted by Crippen LogP contribution is 2.44. The topological polar surface area (TPSA) is 144 Å². The van der Waals surface area contributed by atoms with E-state index in [1.807, 2.05) is 53.4 Å². The van der Waals surface area contributed by atoms with Gasteiger partial charge in [-0.25, -0.2) is 9.97 Å². The maximum absolute atomic E-state index is 5.02. The van der Waals surface area contributed by atoms with Crippen molar-refractivity contribution in [2.45, 2.75) is 96.4 Å². The second kappa shape index (κ2) is 17.2. The predicted octanol–water partition coefficient (Wildman–Crippen LogP) is 10.0. The van der Waals surface area contributed by atoms with E-state index < -0.39 is 0 Å². The van der Waals surface area contributed by atoms with Crippen LogP contribution in [0.4, 0.5) is 29.2 Å². The molecule has 2 N–H and O–H groups in total. The van der Waals surface area contributed by atoms with Crippen LogP contribution >= 0.6 is 15.9 Å². The summed E-state index contributed by atoms with van der Waals surface area (Å²) in [6, 6.07) is 29.8. The lowest BCUT2D eigenvalue weighted by atomic mass is 10.0. The van der Waals surface area contributed by atoms with E-state index in [0.717, 1.165) is 57.7 Å². The van der Waals surface area contributed by atoms with Crippen molar-refractivity contribution in [3.8, 4) is 11.4 Å². The van der Waals surface area contributed by atoms with E-state index in [2.05, 4.69) is 148 Å². The molecule has 4 atom stereocenters. The SMILES string of the molecule is CC[C@@H]1c2nncn2-c2cnc(N[C@@H](C)c3ccc(Br)cc3)nc2N1C1CCCC1.CC[C@@H]1c2nncn2-c2cnc(N[C@@H](C)c3ccccc3)nc2N1c1ccccc1. The van der Waals surface area contributed by atoms with Gasteiger partial charge in [0.1, 0.15) is 24.0 Å². The van der Waals surface area contributed by atoms with Crippen LogP contribution in [0.1, 0.15) is 113 Å². The van der Waals surface area contributed by atoms with Crippen molar-refractivity contribution in [1.82, 2.24) is 49.5 Å². The second-order valence-electron chi connectivity index (χ2n) is 15.5. The molecule has 306 valence electrons. The number of benzene rings is 3. The molecule has 0 amide bonds. The molecule has 0 radical (unpaired) electrons. The quantitative estimate of drug-likeness (QED) is 0.135. The van der Waals surface area contributed by atoms with Gasteiger partial charge in [-0.15, -0.1) is 20.4 Å². The van der Waals surface area contributed by atoms with E-state index in [9.17, 15) is 0 Å². The molecule has 7 aromatic rings. The smallest absolute Gasteiger partial charge is 0.225 e. The number of hydrogen-bond acceptors (Lipinski definition) is 12. The summed E-state index contributed by atoms with van der Waals surface area (Å²) in [6.45, 7) is 8.61. The molecule has 0 bridgehead atoms. The molecule has 1 fully saturated rings. The van der Waals surface area contributed by atoms with Crippen molar-refractivity contribution in [1.29, 1.82) is 0 Å². The zero-order valence-electron chi connectivity index (χ0n) is 34.3. The average molecular weight is 866 g/mol. The maximum Gasteiger partial charge on any atom is 0.225 e. The molecule has 3 aromatic carbocycles. The van der Waals surface area contributed by atoms with Gasteiger partial charge in [0, 0.05) is 16.2 Å². The van der Waals surface area contributed by atoms with Crippen LogP contribution in [0.25, 0.3) is 11.4 Å². The molecule has 0 spiro atoms. The van der Waals surface area contributed by atoms with Crippen LogP contribution in [0.3, 0.4) is 0 Å². The highest BCUT2D eigenvalue weighted by molar-refractivity contribution is 9.10. The number of para-hydroxylation sites is 1. The van der Waals surface area contributed by atoms with E-state index in [0.29, 0.717) is 17.9 Å². The Morgan fingerprint density at radius 3 is 1.75 bits per heavy atom. The van der Waals surface area contributed by atoms with Gasteiger partial charge in [-0.05, 0) is 74.9 Å². The molecule has 14 nitrogen and oxygen atoms in total. The molecule has 1 aliphatic carbocycles. The van der Waals surface area contributed by atoms with E-state index in [-0.39, 0.29) is 24.2 Å². The van der Waals surface area contributed by atoms with Crippen molar-refractivity contribution in [3.63, 3.8) is 0 Å². The van der Waals surface area contributed by atoms with E-state index in [1.54, 1.807) is 12.7 Å². The molecule has 60 heavy (non-hydrogen) atoms. The first-order valence-electron chi connectivity index (χ1n) is 20.9. The predicted molar refractivity (Wildman–Crippen MR) is 238 cm³/mol. The Balaban J connectivity index is 0.000000154. The number of hydrogen-bond donors (Lipinski definition) is 2. The fourth-order valence-electron chi connectivity index (χ4n) is 8.72. The van der Waals surface area contributed by atoms with Crippen LogP contribution in [0, 0.1) is 0 Å². The zero-order chi connectivity index (χ0) is 41.2. The molecule has 2 aliphatic heterocycles. The number of anilines is 5. The number of nitrogens with one attached hydrogen (secondary N) is 2. The van der Waals surface area contributed by atoms with Crippen molar-refractivity contribution in [2.24, 2.45) is 0 Å². The lowest BCUT2D eigenvalue weighted by molar-refractivity contribution is 0.469. The normalized spacial score (nSPS) is 17.7. The van der Waals surface area contributed by atoms with E-state index in [1.165, 1.54) is 36.8 Å². The molecule has 4 aromatic heterocycles. The minimum atomic E-state index is 0.0386. The van der Waals surface area contributed by atoms with Crippen molar-refractivity contribution in [3.05, 3.63) is 137 Å². The summed E-state index contributed by atoms with van der Waals surface area (Å²) in [5.41, 5.74) is 5.29. The number of aromatic nitrogens is 10. The Labute approximate surface area is 358 Å². The van der Waals surface area contributed by atoms with E-state index >= 15 is 0 Å². The van der Waals surface area contributed by atoms with E-state index in [4.69, 9.17) is 9.97 Å². The van der Waals surface area contributed by atoms with Crippen LogP contribution in [0.5, 0.6) is 0 Å². The standard InChI is InChI=1S/C23H23N7.C22H26BrN7/c1-3-19-22-28-25-15-29(22)20-14-24-23(26-16(2)17-10-6-4-7-11-17)27-21(20)30(19)18-12-8-5-9-13-18;1-3-18-21-28-25-13-29(21)19-12-24-22(26-14(2)15-8-10-16(23)11-9-15)27-20(19)30(18)17-6-4-5-7-17/h4-16,19H,3H2,1-2H3,(H,24,26,27);8-14,17-18H,3-7H2,1-2H3,(H,24,26,27)/t16-,19+;14-,18+/m00/s1. The van der Waals surface area contributed by atoms with Crippen LogP contribution in [-0.4, -0.2) is 55.5 Å². The minimum absolute atomic E-state index is 0.0386. The highest BCUT2D eigenvalue weighted by Gasteiger charge is 2.39. The molecule has 6 heterocycles. The van der Waals surface area contributed by atoms with Gasteiger partial charge in [-0.1, -0.05) is 103 Å². The van der Waals surface area contributed by atoms with Gasteiger partial charge in [-0.3, -0.25) is 9.13 Å². The summed E-state index contributed by atoms with van der Waals surface area (Å²) in [6.07, 6.45) is 14.1. The molecular formula is C45H49BrN14. The van der Waals surface area contributed by atoms with Gasteiger partial charge in [0.25, 0.3) is 0 Å². The van der Waals surface area contributed by atoms with Crippen LogP contribution in [-0.2, 0) is 0 Å². The molecule has 3 aliphatic rings. The summed E-state index contributed by atoms with van der Waals surface area (Å²) in [7, 11) is 0. The number of fused-ring (bicyclic) bond motifs is 6. The van der Waals surface area contributed by atoms with Gasteiger partial charge in [0.2, 0.25) is 11.9 Å². The van der Waals surface area contributed by atoms with Crippen LogP contribution < -0.4 is 20.4 Å². The lowest BCUT2D eigenvalue weighted by Crippen LogP contribution is -2.42. The van der Waals surface area contributed by atoms with Gasteiger partial charge in [0.15, 0.2) is 23.3 Å². The molecule has 10 rings (SSSR count). The van der Waals surface area contributed by atoms with Crippen molar-refractivity contribution < 1.29 is 0 Å². The molecular weight excluding hydrogens is 816 g/mol. The Morgan fingerprint density at radius 2 is 1.17 bits per heavy atom. The monoisotopic (exact) mass is 864 g/mol. The first kappa shape index (κ1) is 39.3. The molecule has 0 unspecified atom stereocenters. The lowest BCUT2D eigenvalue weighted by Gasteiger charge is -2.40. The van der Waals surface area contributed by atoms with Gasteiger partial charge < -0.3 is 20.4 Å². The van der Waals surface area contributed by atoms with Crippen LogP contribution in [0.2, 0.25) is 0 Å². The van der Waals surface area contributed by atoms with Gasteiger partial charge in [-0.2, -0.15) is 9.97 Å². The summed E-state index contributed by atoms with van der Waals surface area (Å²) in [4.78, 5) is 23.9. The third-order valence-corrected chi connectivity index (χ3v) is 12.3. The average Bonchev–Trinajstić information content (AvgIpc) is 4.10. The first-order chi connectivity index (χ1) is 29.4. The Kier molecular flexibility index (Phi) is 11.2. The molecule has 1 saturated carbocycles. The van der Waals surface area contributed by atoms with Crippen molar-refractivity contribution in [2.75, 3.05) is 20.4 Å². The first-order valence-corrected chi connectivity index (χ1v) is 21.7. The number of nitrogens with zero attached hydrogens (tertiary/aromatic N) is 12. The largest absolute Gasteiger partial charge is 0.348 e. The van der Waals surface area contributed by atoms with Gasteiger partial charge >= 0.3 is 0 Å². The van der Waals surface area contributed by atoms with Crippen LogP contribution in [0.15, 0.2) is 114 Å². The fourth-order valence-corrected chi connectivity index (χ4v) is 8.98. The molecule has 15 heteroatoms.